The lowest BCUT2D eigenvalue weighted by Gasteiger charge is -2.24. The summed E-state index contributed by atoms with van der Waals surface area (Å²) >= 11 is 0. The van der Waals surface area contributed by atoms with E-state index in [-0.39, 0.29) is 31.6 Å². The number of rotatable bonds is 14. The largest absolute Gasteiger partial charge is 0.480 e. The summed E-state index contributed by atoms with van der Waals surface area (Å²) in [5, 5.41) is 16.1. The molecule has 0 bridgehead atoms. The summed E-state index contributed by atoms with van der Waals surface area (Å²) in [6, 6.07) is 5.96. The topological polar surface area (TPSA) is 194 Å². The normalized spacial score (nSPS) is 13.5. The predicted molar refractivity (Wildman–Crippen MR) is 121 cm³/mol. The highest BCUT2D eigenvalue weighted by Crippen LogP contribution is 2.08. The van der Waals surface area contributed by atoms with Crippen molar-refractivity contribution in [2.24, 2.45) is 17.4 Å². The lowest BCUT2D eigenvalue weighted by atomic mass is 10.0. The molecule has 182 valence electrons. The van der Waals surface area contributed by atoms with Gasteiger partial charge in [0.15, 0.2) is 0 Å². The highest BCUT2D eigenvalue weighted by atomic mass is 16.4. The van der Waals surface area contributed by atoms with E-state index in [0.29, 0.717) is 0 Å². The number of benzene rings is 1. The SMILES string of the molecule is CC(C)CC(NC(=O)C(CCC(N)=O)NC(=O)C(N)Cc1ccccc1)C(=O)NCC(=O)O. The van der Waals surface area contributed by atoms with Crippen molar-refractivity contribution >= 4 is 29.6 Å². The number of amides is 4. The van der Waals surface area contributed by atoms with Gasteiger partial charge in [0.05, 0.1) is 6.04 Å². The van der Waals surface area contributed by atoms with Crippen molar-refractivity contribution in [2.75, 3.05) is 6.54 Å². The molecule has 0 radical (unpaired) electrons. The lowest BCUT2D eigenvalue weighted by molar-refractivity contribution is -0.138. The van der Waals surface area contributed by atoms with Gasteiger partial charge in [0.2, 0.25) is 23.6 Å². The smallest absolute Gasteiger partial charge is 0.322 e. The first-order chi connectivity index (χ1) is 15.5. The minimum atomic E-state index is -1.23. The van der Waals surface area contributed by atoms with Crippen molar-refractivity contribution in [3.8, 4) is 0 Å². The summed E-state index contributed by atoms with van der Waals surface area (Å²) < 4.78 is 0. The van der Waals surface area contributed by atoms with Crippen LogP contribution >= 0.6 is 0 Å². The van der Waals surface area contributed by atoms with Crippen LogP contribution in [-0.2, 0) is 30.4 Å². The van der Waals surface area contributed by atoms with Crippen molar-refractivity contribution in [3.05, 3.63) is 35.9 Å². The third kappa shape index (κ3) is 11.1. The van der Waals surface area contributed by atoms with E-state index in [1.807, 2.05) is 44.2 Å². The van der Waals surface area contributed by atoms with Gasteiger partial charge in [0.1, 0.15) is 18.6 Å². The number of nitrogens with two attached hydrogens (primary N) is 2. The number of hydrogen-bond donors (Lipinski definition) is 6. The first-order valence-electron chi connectivity index (χ1n) is 10.7. The van der Waals surface area contributed by atoms with Crippen LogP contribution in [0.15, 0.2) is 30.3 Å². The van der Waals surface area contributed by atoms with E-state index in [1.54, 1.807) is 0 Å². The number of carbonyl (C=O) groups excluding carboxylic acids is 4. The molecule has 8 N–H and O–H groups in total. The van der Waals surface area contributed by atoms with Crippen LogP contribution in [0.1, 0.15) is 38.7 Å². The Labute approximate surface area is 192 Å². The van der Waals surface area contributed by atoms with Crippen LogP contribution in [0.3, 0.4) is 0 Å². The summed E-state index contributed by atoms with van der Waals surface area (Å²) in [7, 11) is 0. The van der Waals surface area contributed by atoms with E-state index in [0.717, 1.165) is 5.56 Å². The zero-order valence-corrected chi connectivity index (χ0v) is 18.9. The second kappa shape index (κ2) is 13.8. The molecule has 11 heteroatoms. The van der Waals surface area contributed by atoms with E-state index in [1.165, 1.54) is 0 Å². The summed E-state index contributed by atoms with van der Waals surface area (Å²) in [4.78, 5) is 59.9. The van der Waals surface area contributed by atoms with Crippen molar-refractivity contribution in [3.63, 3.8) is 0 Å². The Hall–Kier alpha value is -3.47. The third-order valence-corrected chi connectivity index (χ3v) is 4.70. The molecule has 0 saturated heterocycles. The van der Waals surface area contributed by atoms with Crippen LogP contribution < -0.4 is 27.4 Å². The number of carboxylic acid groups (broad SMARTS) is 1. The van der Waals surface area contributed by atoms with Gasteiger partial charge in [-0.1, -0.05) is 44.2 Å². The Morgan fingerprint density at radius 3 is 2.09 bits per heavy atom. The maximum absolute atomic E-state index is 12.9. The quantitative estimate of drug-likeness (QED) is 0.204. The average Bonchev–Trinajstić information content (AvgIpc) is 2.74. The van der Waals surface area contributed by atoms with Crippen molar-refractivity contribution in [2.45, 2.75) is 57.7 Å². The molecule has 1 rings (SSSR count). The molecule has 0 aliphatic rings. The van der Waals surface area contributed by atoms with Crippen molar-refractivity contribution in [1.29, 1.82) is 0 Å². The Balaban J connectivity index is 2.89. The Morgan fingerprint density at radius 2 is 1.55 bits per heavy atom. The molecule has 3 unspecified atom stereocenters. The van der Waals surface area contributed by atoms with Crippen LogP contribution in [0.4, 0.5) is 0 Å². The van der Waals surface area contributed by atoms with Gasteiger partial charge < -0.3 is 32.5 Å². The molecule has 0 fully saturated rings. The van der Waals surface area contributed by atoms with Crippen LogP contribution in [0, 0.1) is 5.92 Å². The molecule has 11 nitrogen and oxygen atoms in total. The Bertz CT molecular complexity index is 830. The first-order valence-corrected chi connectivity index (χ1v) is 10.7. The van der Waals surface area contributed by atoms with Gasteiger partial charge in [-0.05, 0) is 30.7 Å². The van der Waals surface area contributed by atoms with E-state index >= 15 is 0 Å². The van der Waals surface area contributed by atoms with Gasteiger partial charge in [-0.25, -0.2) is 0 Å². The van der Waals surface area contributed by atoms with E-state index in [9.17, 15) is 24.0 Å². The number of carbonyl (C=O) groups is 5. The fraction of sp³-hybridized carbons (Fsp3) is 0.500. The highest BCUT2D eigenvalue weighted by molar-refractivity contribution is 5.94. The fourth-order valence-electron chi connectivity index (χ4n) is 3.06. The van der Waals surface area contributed by atoms with Gasteiger partial charge in [0, 0.05) is 6.42 Å². The molecule has 4 amide bonds. The molecule has 1 aromatic rings. The van der Waals surface area contributed by atoms with Gasteiger partial charge in [-0.2, -0.15) is 0 Å². The van der Waals surface area contributed by atoms with E-state index < -0.39 is 54.3 Å². The maximum atomic E-state index is 12.9. The Kier molecular flexibility index (Phi) is 11.6. The van der Waals surface area contributed by atoms with Crippen LogP contribution in [0.2, 0.25) is 0 Å². The Morgan fingerprint density at radius 1 is 0.939 bits per heavy atom. The van der Waals surface area contributed by atoms with E-state index in [2.05, 4.69) is 16.0 Å². The number of primary amides is 1. The van der Waals surface area contributed by atoms with Gasteiger partial charge in [-0.3, -0.25) is 24.0 Å². The summed E-state index contributed by atoms with van der Waals surface area (Å²) in [6.45, 7) is 3.07. The molecule has 0 saturated carbocycles. The third-order valence-electron chi connectivity index (χ3n) is 4.70. The van der Waals surface area contributed by atoms with Crippen molar-refractivity contribution in [1.82, 2.24) is 16.0 Å². The lowest BCUT2D eigenvalue weighted by Crippen LogP contribution is -2.56. The molecular formula is C22H33N5O6. The fourth-order valence-corrected chi connectivity index (χ4v) is 3.06. The van der Waals surface area contributed by atoms with Gasteiger partial charge >= 0.3 is 5.97 Å². The molecule has 33 heavy (non-hydrogen) atoms. The minimum absolute atomic E-state index is 0.00355. The number of hydrogen-bond acceptors (Lipinski definition) is 6. The molecule has 0 heterocycles. The highest BCUT2D eigenvalue weighted by Gasteiger charge is 2.29. The molecule has 0 aromatic heterocycles. The van der Waals surface area contributed by atoms with Crippen LogP contribution in [-0.4, -0.2) is 59.4 Å². The molecule has 3 atom stereocenters. The monoisotopic (exact) mass is 463 g/mol. The molecular weight excluding hydrogens is 430 g/mol. The van der Waals surface area contributed by atoms with Crippen LogP contribution in [0.5, 0.6) is 0 Å². The summed E-state index contributed by atoms with van der Waals surface area (Å²) in [6.07, 6.45) is 0.216. The molecule has 0 spiro atoms. The second-order valence-corrected chi connectivity index (χ2v) is 8.16. The second-order valence-electron chi connectivity index (χ2n) is 8.16. The number of aliphatic carboxylic acids is 1. The minimum Gasteiger partial charge on any atom is -0.480 e. The van der Waals surface area contributed by atoms with Gasteiger partial charge in [-0.15, -0.1) is 0 Å². The zero-order valence-electron chi connectivity index (χ0n) is 18.9. The molecule has 0 aliphatic carbocycles. The summed E-state index contributed by atoms with van der Waals surface area (Å²) in [5.74, 6) is -3.85. The van der Waals surface area contributed by atoms with Crippen LogP contribution in [0.25, 0.3) is 0 Å². The number of nitrogens with one attached hydrogen (secondary N) is 3. The average molecular weight is 464 g/mol. The zero-order chi connectivity index (χ0) is 25.0. The first kappa shape index (κ1) is 27.6. The predicted octanol–water partition coefficient (Wildman–Crippen LogP) is -0.962. The molecule has 1 aromatic carbocycles. The summed E-state index contributed by atoms with van der Waals surface area (Å²) in [5.41, 5.74) is 12.0. The van der Waals surface area contributed by atoms with E-state index in [4.69, 9.17) is 16.6 Å². The number of carboxylic acids is 1. The standard InChI is InChI=1S/C22H33N5O6/c1-13(2)10-17(21(32)25-12-19(29)30)27-22(33)16(8-9-18(24)28)26-20(31)15(23)11-14-6-4-3-5-7-14/h3-7,13,15-17H,8-12,23H2,1-2H3,(H2,24,28)(H,25,32)(H,26,31)(H,27,33)(H,29,30). The maximum Gasteiger partial charge on any atom is 0.322 e. The van der Waals surface area contributed by atoms with Gasteiger partial charge in [0.25, 0.3) is 0 Å². The molecule has 0 aliphatic heterocycles. The van der Waals surface area contributed by atoms with Crippen molar-refractivity contribution < 1.29 is 29.1 Å².